The second kappa shape index (κ2) is 10.1. The number of halogens is 1. The minimum atomic E-state index is -1.02. The van der Waals surface area contributed by atoms with Crippen LogP contribution >= 0.6 is 15.9 Å². The molecule has 0 aliphatic heterocycles. The highest BCUT2D eigenvalue weighted by Crippen LogP contribution is 2.16. The van der Waals surface area contributed by atoms with Crippen molar-refractivity contribution >= 4 is 27.1 Å². The lowest BCUT2D eigenvalue weighted by molar-refractivity contribution is 0.0901. The molecule has 0 aliphatic rings. The molecule has 0 spiro atoms. The molecule has 0 saturated heterocycles. The molecule has 0 unspecified atom stereocenters. The van der Waals surface area contributed by atoms with E-state index in [1.807, 2.05) is 19.1 Å². The molecular weight excluding hydrogens is 452 g/mol. The van der Waals surface area contributed by atoms with Gasteiger partial charge in [0.15, 0.2) is 11.2 Å². The predicted molar refractivity (Wildman–Crippen MR) is 119 cm³/mol. The predicted octanol–water partition coefficient (Wildman–Crippen LogP) is 2.77. The number of benzene rings is 1. The highest BCUT2D eigenvalue weighted by atomic mass is 79.9. The van der Waals surface area contributed by atoms with Crippen molar-refractivity contribution < 1.29 is 9.84 Å². The zero-order chi connectivity index (χ0) is 21.7. The van der Waals surface area contributed by atoms with Crippen molar-refractivity contribution in [2.75, 3.05) is 6.61 Å². The maximum atomic E-state index is 13.1. The number of fused-ring (bicyclic) bond motifs is 1. The summed E-state index contributed by atoms with van der Waals surface area (Å²) in [5, 5.41) is 10.5. The van der Waals surface area contributed by atoms with Crippen LogP contribution < -0.4 is 16.0 Å². The van der Waals surface area contributed by atoms with Crippen molar-refractivity contribution in [3.8, 4) is 5.75 Å². The Morgan fingerprint density at radius 3 is 2.50 bits per heavy atom. The molecular formula is C21H27BrN4O4. The van der Waals surface area contributed by atoms with Crippen molar-refractivity contribution in [2.45, 2.75) is 58.8 Å². The second-order valence-corrected chi connectivity index (χ2v) is 8.15. The van der Waals surface area contributed by atoms with Crippen LogP contribution in [0.15, 0.2) is 44.7 Å². The number of hydrogen-bond acceptors (Lipinski definition) is 5. The molecule has 1 aromatic carbocycles. The molecule has 1 atom stereocenters. The van der Waals surface area contributed by atoms with Crippen molar-refractivity contribution in [3.63, 3.8) is 0 Å². The second-order valence-electron chi connectivity index (χ2n) is 7.23. The van der Waals surface area contributed by atoms with Gasteiger partial charge in [0.25, 0.3) is 5.56 Å². The van der Waals surface area contributed by atoms with Gasteiger partial charge in [-0.3, -0.25) is 13.9 Å². The number of rotatable bonds is 10. The standard InChI is InChI=1S/C21H27BrN4O4/c1-3-5-11-24-14-23-19-18(24)20(28)26(21(29)25(19)10-4-2)12-16(27)13-30-17-8-6-15(22)7-9-17/h6-9,14,16,27H,3-5,10-13H2,1-2H3/t16-/m1/s1. The van der Waals surface area contributed by atoms with Gasteiger partial charge in [-0.15, -0.1) is 0 Å². The number of hydrogen-bond donors (Lipinski definition) is 1. The van der Waals surface area contributed by atoms with Crippen LogP contribution in [0.5, 0.6) is 5.75 Å². The van der Waals surface area contributed by atoms with Gasteiger partial charge >= 0.3 is 5.69 Å². The molecule has 0 radical (unpaired) electrons. The zero-order valence-corrected chi connectivity index (χ0v) is 18.8. The van der Waals surface area contributed by atoms with E-state index in [-0.39, 0.29) is 13.2 Å². The molecule has 162 valence electrons. The summed E-state index contributed by atoms with van der Waals surface area (Å²) < 4.78 is 10.9. The lowest BCUT2D eigenvalue weighted by Gasteiger charge is -2.16. The first-order chi connectivity index (χ1) is 14.5. The molecule has 2 aromatic heterocycles. The SMILES string of the molecule is CCCCn1cnc2c1c(=O)n(C[C@@H](O)COc1ccc(Br)cc1)c(=O)n2CCC. The average Bonchev–Trinajstić information content (AvgIpc) is 3.16. The molecule has 0 amide bonds. The van der Waals surface area contributed by atoms with E-state index in [1.54, 1.807) is 23.0 Å². The number of unbranched alkanes of at least 4 members (excludes halogenated alkanes) is 1. The number of aliphatic hydroxyl groups excluding tert-OH is 1. The Bertz CT molecular complexity index is 1100. The van der Waals surface area contributed by atoms with Gasteiger partial charge in [0, 0.05) is 17.6 Å². The van der Waals surface area contributed by atoms with Gasteiger partial charge in [0.1, 0.15) is 18.5 Å². The fraction of sp³-hybridized carbons (Fsp3) is 0.476. The van der Waals surface area contributed by atoms with Crippen LogP contribution in [-0.2, 0) is 19.6 Å². The van der Waals surface area contributed by atoms with Crippen molar-refractivity contribution in [1.82, 2.24) is 18.7 Å². The maximum Gasteiger partial charge on any atom is 0.332 e. The number of aryl methyl sites for hydroxylation is 2. The van der Waals surface area contributed by atoms with Crippen LogP contribution in [-0.4, -0.2) is 36.5 Å². The Labute approximate surface area is 182 Å². The third-order valence-corrected chi connectivity index (χ3v) is 5.36. The van der Waals surface area contributed by atoms with Crippen LogP contribution in [0.2, 0.25) is 0 Å². The number of ether oxygens (including phenoxy) is 1. The van der Waals surface area contributed by atoms with Gasteiger partial charge in [-0.2, -0.15) is 0 Å². The Morgan fingerprint density at radius 2 is 1.83 bits per heavy atom. The molecule has 30 heavy (non-hydrogen) atoms. The summed E-state index contributed by atoms with van der Waals surface area (Å²) in [6.45, 7) is 4.96. The third kappa shape index (κ3) is 4.84. The van der Waals surface area contributed by atoms with E-state index in [1.165, 1.54) is 4.57 Å². The highest BCUT2D eigenvalue weighted by Gasteiger charge is 2.19. The Balaban J connectivity index is 1.90. The van der Waals surface area contributed by atoms with Crippen molar-refractivity contribution in [2.24, 2.45) is 0 Å². The minimum absolute atomic E-state index is 0.0333. The van der Waals surface area contributed by atoms with E-state index in [9.17, 15) is 14.7 Å². The first kappa shape index (κ1) is 22.3. The lowest BCUT2D eigenvalue weighted by atomic mass is 10.3. The van der Waals surface area contributed by atoms with Crippen LogP contribution in [0.25, 0.3) is 11.2 Å². The van der Waals surface area contributed by atoms with E-state index in [2.05, 4.69) is 27.8 Å². The van der Waals surface area contributed by atoms with E-state index in [0.717, 1.165) is 28.3 Å². The number of nitrogens with zero attached hydrogens (tertiary/aromatic N) is 4. The average molecular weight is 479 g/mol. The Morgan fingerprint density at radius 1 is 1.10 bits per heavy atom. The molecule has 9 heteroatoms. The van der Waals surface area contributed by atoms with Gasteiger partial charge in [0.2, 0.25) is 0 Å². The normalized spacial score (nSPS) is 12.4. The van der Waals surface area contributed by atoms with E-state index in [0.29, 0.717) is 30.0 Å². The van der Waals surface area contributed by atoms with Crippen LogP contribution in [0, 0.1) is 0 Å². The van der Waals surface area contributed by atoms with Crippen molar-refractivity contribution in [3.05, 3.63) is 55.9 Å². The van der Waals surface area contributed by atoms with Gasteiger partial charge in [-0.1, -0.05) is 36.2 Å². The van der Waals surface area contributed by atoms with Crippen LogP contribution in [0.4, 0.5) is 0 Å². The topological polar surface area (TPSA) is 91.3 Å². The first-order valence-electron chi connectivity index (χ1n) is 10.2. The zero-order valence-electron chi connectivity index (χ0n) is 17.3. The van der Waals surface area contributed by atoms with Crippen molar-refractivity contribution in [1.29, 1.82) is 0 Å². The molecule has 8 nitrogen and oxygen atoms in total. The summed E-state index contributed by atoms with van der Waals surface area (Å²) in [7, 11) is 0. The molecule has 0 aliphatic carbocycles. The summed E-state index contributed by atoms with van der Waals surface area (Å²) in [5.41, 5.74) is -0.0891. The van der Waals surface area contributed by atoms with Gasteiger partial charge < -0.3 is 14.4 Å². The number of aromatic nitrogens is 4. The van der Waals surface area contributed by atoms with Gasteiger partial charge in [-0.25, -0.2) is 9.78 Å². The minimum Gasteiger partial charge on any atom is -0.491 e. The monoisotopic (exact) mass is 478 g/mol. The molecule has 1 N–H and O–H groups in total. The molecule has 0 fully saturated rings. The first-order valence-corrected chi connectivity index (χ1v) is 11.0. The third-order valence-electron chi connectivity index (χ3n) is 4.83. The van der Waals surface area contributed by atoms with E-state index < -0.39 is 17.4 Å². The largest absolute Gasteiger partial charge is 0.491 e. The lowest BCUT2D eigenvalue weighted by Crippen LogP contribution is -2.44. The summed E-state index contributed by atoms with van der Waals surface area (Å²) in [6, 6.07) is 7.22. The van der Waals surface area contributed by atoms with Crippen LogP contribution in [0.1, 0.15) is 33.1 Å². The van der Waals surface area contributed by atoms with E-state index in [4.69, 9.17) is 4.74 Å². The molecule has 3 rings (SSSR count). The molecule has 2 heterocycles. The maximum absolute atomic E-state index is 13.1. The Hall–Kier alpha value is -2.39. The van der Waals surface area contributed by atoms with Gasteiger partial charge in [0.05, 0.1) is 12.9 Å². The van der Waals surface area contributed by atoms with Gasteiger partial charge in [-0.05, 0) is 37.1 Å². The molecule has 3 aromatic rings. The summed E-state index contributed by atoms with van der Waals surface area (Å²) in [5.74, 6) is 0.598. The summed E-state index contributed by atoms with van der Waals surface area (Å²) >= 11 is 3.36. The Kier molecular flexibility index (Phi) is 7.49. The smallest absolute Gasteiger partial charge is 0.332 e. The quantitative estimate of drug-likeness (QED) is 0.483. The molecule has 0 saturated carbocycles. The fourth-order valence-corrected chi connectivity index (χ4v) is 3.57. The fourth-order valence-electron chi connectivity index (χ4n) is 3.31. The summed E-state index contributed by atoms with van der Waals surface area (Å²) in [4.78, 5) is 30.5. The van der Waals surface area contributed by atoms with E-state index >= 15 is 0 Å². The highest BCUT2D eigenvalue weighted by molar-refractivity contribution is 9.10. The number of imidazole rings is 1. The summed E-state index contributed by atoms with van der Waals surface area (Å²) in [6.07, 6.45) is 3.21. The molecule has 0 bridgehead atoms. The number of aliphatic hydroxyl groups is 1. The van der Waals surface area contributed by atoms with Crippen LogP contribution in [0.3, 0.4) is 0 Å².